The Kier molecular flexibility index (Phi) is 6.41. The van der Waals surface area contributed by atoms with Crippen molar-refractivity contribution in [3.8, 4) is 11.5 Å². The van der Waals surface area contributed by atoms with Gasteiger partial charge in [0.1, 0.15) is 24.2 Å². The van der Waals surface area contributed by atoms with Gasteiger partial charge in [0.2, 0.25) is 0 Å². The van der Waals surface area contributed by atoms with Crippen molar-refractivity contribution in [2.75, 3.05) is 53.0 Å². The summed E-state index contributed by atoms with van der Waals surface area (Å²) in [4.78, 5) is 4.79. The summed E-state index contributed by atoms with van der Waals surface area (Å²) in [6, 6.07) is 6.02. The minimum absolute atomic E-state index is 0.176. The minimum Gasteiger partial charge on any atom is -0.497 e. The topological polar surface area (TPSA) is 54.4 Å². The number of methoxy groups -OCH3 is 1. The number of hydrogen-bond acceptors (Lipinski definition) is 6. The monoisotopic (exact) mass is 390 g/mol. The first kappa shape index (κ1) is 20.0. The highest BCUT2D eigenvalue weighted by Crippen LogP contribution is 2.37. The Morgan fingerprint density at radius 3 is 2.50 bits per heavy atom. The van der Waals surface area contributed by atoms with E-state index in [9.17, 15) is 5.11 Å². The molecule has 3 heterocycles. The second-order valence-electron chi connectivity index (χ2n) is 8.50. The number of aliphatic hydroxyl groups is 1. The Hall–Kier alpha value is -1.34. The predicted octanol–water partition coefficient (Wildman–Crippen LogP) is 2.29. The van der Waals surface area contributed by atoms with Gasteiger partial charge in [0.15, 0.2) is 0 Å². The number of benzene rings is 1. The van der Waals surface area contributed by atoms with Crippen molar-refractivity contribution in [1.29, 1.82) is 0 Å². The largest absolute Gasteiger partial charge is 0.497 e. The van der Waals surface area contributed by atoms with E-state index >= 15 is 0 Å². The number of nitrogens with zero attached hydrogens (tertiary/aromatic N) is 2. The quantitative estimate of drug-likeness (QED) is 0.735. The molecule has 1 aromatic carbocycles. The van der Waals surface area contributed by atoms with Gasteiger partial charge in [-0.25, -0.2) is 0 Å². The van der Waals surface area contributed by atoms with Crippen molar-refractivity contribution in [3.63, 3.8) is 0 Å². The maximum atomic E-state index is 10.4. The lowest BCUT2D eigenvalue weighted by atomic mass is 9.84. The van der Waals surface area contributed by atoms with Crippen molar-refractivity contribution >= 4 is 0 Å². The van der Waals surface area contributed by atoms with E-state index in [1.807, 2.05) is 12.1 Å². The van der Waals surface area contributed by atoms with Crippen LogP contribution in [0.15, 0.2) is 18.2 Å². The van der Waals surface area contributed by atoms with Gasteiger partial charge in [-0.2, -0.15) is 0 Å². The highest BCUT2D eigenvalue weighted by atomic mass is 16.5. The van der Waals surface area contributed by atoms with E-state index in [0.29, 0.717) is 13.2 Å². The Balaban J connectivity index is 1.34. The summed E-state index contributed by atoms with van der Waals surface area (Å²) in [6.07, 6.45) is 5.45. The van der Waals surface area contributed by atoms with Crippen molar-refractivity contribution in [2.24, 2.45) is 0 Å². The molecular weight excluding hydrogens is 356 g/mol. The predicted molar refractivity (Wildman–Crippen MR) is 108 cm³/mol. The number of hydrogen-bond donors (Lipinski definition) is 1. The van der Waals surface area contributed by atoms with Gasteiger partial charge in [0.05, 0.1) is 19.3 Å². The van der Waals surface area contributed by atoms with Crippen LogP contribution in [0.1, 0.15) is 37.7 Å². The zero-order valence-electron chi connectivity index (χ0n) is 17.1. The molecule has 3 saturated heterocycles. The van der Waals surface area contributed by atoms with Crippen LogP contribution in [0.25, 0.3) is 0 Å². The van der Waals surface area contributed by atoms with E-state index in [0.717, 1.165) is 69.2 Å². The van der Waals surface area contributed by atoms with Gasteiger partial charge < -0.3 is 24.2 Å². The van der Waals surface area contributed by atoms with Gasteiger partial charge in [-0.1, -0.05) is 6.07 Å². The van der Waals surface area contributed by atoms with E-state index < -0.39 is 6.10 Å². The summed E-state index contributed by atoms with van der Waals surface area (Å²) in [7, 11) is 1.67. The van der Waals surface area contributed by atoms with Crippen LogP contribution in [0.3, 0.4) is 0 Å². The van der Waals surface area contributed by atoms with Crippen molar-refractivity contribution in [2.45, 2.75) is 50.4 Å². The van der Waals surface area contributed by atoms with Crippen LogP contribution in [0.4, 0.5) is 0 Å². The van der Waals surface area contributed by atoms with Crippen LogP contribution in [0, 0.1) is 0 Å². The van der Waals surface area contributed by atoms with Gasteiger partial charge >= 0.3 is 0 Å². The number of β-amino-alcohol motifs (C(OH)–C–C–N with tert-alkyl or cyclic N) is 1. The molecule has 0 radical (unpaired) electrons. The first-order valence-electron chi connectivity index (χ1n) is 10.7. The van der Waals surface area contributed by atoms with Crippen molar-refractivity contribution < 1.29 is 19.3 Å². The van der Waals surface area contributed by atoms with Gasteiger partial charge in [-0.05, 0) is 51.3 Å². The highest BCUT2D eigenvalue weighted by Gasteiger charge is 2.41. The third-order valence-corrected chi connectivity index (χ3v) is 6.50. The van der Waals surface area contributed by atoms with Crippen molar-refractivity contribution in [3.05, 3.63) is 23.8 Å². The standard InChI is InChI=1S/C22H34N2O4/c1-26-20-5-4-18(15-24-11-6-22(7-12-24)8-13-28-22)21(14-20)27-17-19(25)16-23-9-2-3-10-23/h4-5,14,19,25H,2-3,6-13,15-17H2,1H3. The van der Waals surface area contributed by atoms with Crippen LogP contribution in [0.2, 0.25) is 0 Å². The number of piperidine rings is 1. The average molecular weight is 391 g/mol. The fraction of sp³-hybridized carbons (Fsp3) is 0.727. The summed E-state index contributed by atoms with van der Waals surface area (Å²) >= 11 is 0. The van der Waals surface area contributed by atoms with Gasteiger partial charge in [0.25, 0.3) is 0 Å². The van der Waals surface area contributed by atoms with Gasteiger partial charge in [-0.3, -0.25) is 4.90 Å². The molecule has 6 nitrogen and oxygen atoms in total. The zero-order chi connectivity index (χ0) is 19.4. The van der Waals surface area contributed by atoms with Crippen LogP contribution in [-0.2, 0) is 11.3 Å². The number of aliphatic hydroxyl groups excluding tert-OH is 1. The maximum absolute atomic E-state index is 10.4. The smallest absolute Gasteiger partial charge is 0.127 e. The molecule has 1 aromatic rings. The second-order valence-corrected chi connectivity index (χ2v) is 8.50. The Bertz CT molecular complexity index is 633. The fourth-order valence-electron chi connectivity index (χ4n) is 4.57. The van der Waals surface area contributed by atoms with Crippen LogP contribution < -0.4 is 9.47 Å². The normalized spacial score (nSPS) is 23.5. The van der Waals surface area contributed by atoms with E-state index in [1.54, 1.807) is 7.11 Å². The molecule has 3 fully saturated rings. The Morgan fingerprint density at radius 2 is 1.86 bits per heavy atom. The minimum atomic E-state index is -0.470. The first-order valence-corrected chi connectivity index (χ1v) is 10.7. The lowest BCUT2D eigenvalue weighted by molar-refractivity contribution is -0.173. The molecule has 3 aliphatic rings. The average Bonchev–Trinajstić information content (AvgIpc) is 3.19. The maximum Gasteiger partial charge on any atom is 0.127 e. The van der Waals surface area contributed by atoms with Crippen LogP contribution in [-0.4, -0.2) is 79.7 Å². The highest BCUT2D eigenvalue weighted by molar-refractivity contribution is 5.40. The lowest BCUT2D eigenvalue weighted by Gasteiger charge is -2.47. The molecule has 1 atom stereocenters. The second kappa shape index (κ2) is 8.99. The number of rotatable bonds is 8. The number of ether oxygens (including phenoxy) is 3. The first-order chi connectivity index (χ1) is 13.7. The molecule has 0 bridgehead atoms. The summed E-state index contributed by atoms with van der Waals surface area (Å²) in [5.74, 6) is 1.60. The molecule has 156 valence electrons. The van der Waals surface area contributed by atoms with E-state index in [-0.39, 0.29) is 5.60 Å². The molecule has 4 rings (SSSR count). The molecular formula is C22H34N2O4. The SMILES string of the molecule is COc1ccc(CN2CCC3(CCO3)CC2)c(OCC(O)CN2CCCC2)c1. The van der Waals surface area contributed by atoms with Crippen LogP contribution in [0.5, 0.6) is 11.5 Å². The molecule has 0 aliphatic carbocycles. The third kappa shape index (κ3) is 4.79. The molecule has 1 spiro atoms. The summed E-state index contributed by atoms with van der Waals surface area (Å²) in [6.45, 7) is 7.07. The van der Waals surface area contributed by atoms with E-state index in [2.05, 4.69) is 15.9 Å². The van der Waals surface area contributed by atoms with Gasteiger partial charge in [0, 0.05) is 37.8 Å². The fourth-order valence-corrected chi connectivity index (χ4v) is 4.57. The van der Waals surface area contributed by atoms with Crippen LogP contribution >= 0.6 is 0 Å². The molecule has 28 heavy (non-hydrogen) atoms. The van der Waals surface area contributed by atoms with E-state index in [1.165, 1.54) is 19.3 Å². The lowest BCUT2D eigenvalue weighted by Crippen LogP contribution is -2.52. The Morgan fingerprint density at radius 1 is 1.11 bits per heavy atom. The molecule has 1 N–H and O–H groups in total. The molecule has 3 aliphatic heterocycles. The molecule has 6 heteroatoms. The third-order valence-electron chi connectivity index (χ3n) is 6.50. The summed E-state index contributed by atoms with van der Waals surface area (Å²) in [5, 5.41) is 10.4. The Labute approximate surface area is 168 Å². The number of likely N-dealkylation sites (tertiary alicyclic amines) is 2. The molecule has 0 saturated carbocycles. The van der Waals surface area contributed by atoms with Crippen molar-refractivity contribution in [1.82, 2.24) is 9.80 Å². The molecule has 0 aromatic heterocycles. The zero-order valence-corrected chi connectivity index (χ0v) is 17.1. The summed E-state index contributed by atoms with van der Waals surface area (Å²) < 4.78 is 17.3. The van der Waals surface area contributed by atoms with E-state index in [4.69, 9.17) is 14.2 Å². The summed E-state index contributed by atoms with van der Waals surface area (Å²) in [5.41, 5.74) is 1.33. The van der Waals surface area contributed by atoms with Gasteiger partial charge in [-0.15, -0.1) is 0 Å². The molecule has 1 unspecified atom stereocenters. The molecule has 0 amide bonds.